The first-order chi connectivity index (χ1) is 11.2. The van der Waals surface area contributed by atoms with Gasteiger partial charge in [0.2, 0.25) is 5.91 Å². The Balaban J connectivity index is 1.54. The maximum Gasteiger partial charge on any atom is 0.223 e. The Morgan fingerprint density at radius 3 is 2.65 bits per heavy atom. The first-order valence-corrected chi connectivity index (χ1v) is 8.49. The van der Waals surface area contributed by atoms with Gasteiger partial charge in [-0.15, -0.1) is 0 Å². The van der Waals surface area contributed by atoms with Crippen molar-refractivity contribution in [3.8, 4) is 0 Å². The van der Waals surface area contributed by atoms with Crippen LogP contribution in [0.2, 0.25) is 0 Å². The van der Waals surface area contributed by atoms with Crippen molar-refractivity contribution in [1.29, 1.82) is 0 Å². The van der Waals surface area contributed by atoms with Gasteiger partial charge in [0, 0.05) is 25.0 Å². The molecule has 1 atom stereocenters. The van der Waals surface area contributed by atoms with E-state index in [1.807, 2.05) is 31.2 Å². The molecule has 0 radical (unpaired) electrons. The molecule has 1 aliphatic heterocycles. The summed E-state index contributed by atoms with van der Waals surface area (Å²) in [4.78, 5) is 23.8. The number of piperidine rings is 1. The van der Waals surface area contributed by atoms with Crippen LogP contribution in [-0.2, 0) is 4.79 Å². The zero-order valence-electron chi connectivity index (χ0n) is 13.5. The Labute approximate surface area is 136 Å². The second kappa shape index (κ2) is 5.80. The molecule has 2 fully saturated rings. The van der Waals surface area contributed by atoms with Crippen LogP contribution in [0.4, 0.5) is 5.82 Å². The van der Waals surface area contributed by atoms with E-state index in [1.165, 1.54) is 0 Å². The van der Waals surface area contributed by atoms with Crippen molar-refractivity contribution in [2.24, 2.45) is 5.92 Å². The number of carbonyl (C=O) groups is 1. The lowest BCUT2D eigenvalue weighted by Gasteiger charge is -2.34. The maximum atomic E-state index is 12.0. The van der Waals surface area contributed by atoms with Crippen LogP contribution < -0.4 is 10.2 Å². The van der Waals surface area contributed by atoms with E-state index >= 15 is 0 Å². The fourth-order valence-corrected chi connectivity index (χ4v) is 3.33. The number of hydrogen-bond acceptors (Lipinski definition) is 4. The number of fused-ring (bicyclic) bond motifs is 1. The normalized spacial score (nSPS) is 21.4. The average molecular weight is 310 g/mol. The molecule has 1 saturated carbocycles. The Kier molecular flexibility index (Phi) is 3.63. The van der Waals surface area contributed by atoms with Crippen LogP contribution in [0.5, 0.6) is 0 Å². The van der Waals surface area contributed by atoms with Gasteiger partial charge in [0.15, 0.2) is 5.82 Å². The second-order valence-corrected chi connectivity index (χ2v) is 6.69. The highest BCUT2D eigenvalue weighted by Gasteiger charge is 2.32. The predicted octanol–water partition coefficient (Wildman–Crippen LogP) is 2.43. The molecule has 1 aromatic carbocycles. The fourth-order valence-electron chi connectivity index (χ4n) is 3.33. The number of aromatic nitrogens is 2. The number of hydrogen-bond donors (Lipinski definition) is 1. The second-order valence-electron chi connectivity index (χ2n) is 6.69. The first-order valence-electron chi connectivity index (χ1n) is 8.49. The van der Waals surface area contributed by atoms with E-state index in [0.29, 0.717) is 0 Å². The predicted molar refractivity (Wildman–Crippen MR) is 90.4 cm³/mol. The SMILES string of the molecule is Cc1nc2ccccc2nc1N1CCCC(NC(=O)C2CC2)C1. The number of para-hydroxylation sites is 2. The molecule has 5 nitrogen and oxygen atoms in total. The minimum Gasteiger partial charge on any atom is -0.353 e. The minimum absolute atomic E-state index is 0.226. The summed E-state index contributed by atoms with van der Waals surface area (Å²) in [6, 6.07) is 8.20. The molecule has 120 valence electrons. The minimum atomic E-state index is 0.226. The highest BCUT2D eigenvalue weighted by molar-refractivity contribution is 5.81. The monoisotopic (exact) mass is 310 g/mol. The standard InChI is InChI=1S/C18H22N4O/c1-12-17(21-16-7-3-2-6-15(16)19-12)22-10-4-5-14(11-22)20-18(23)13-8-9-13/h2-3,6-7,13-14H,4-5,8-11H2,1H3,(H,20,23). The summed E-state index contributed by atoms with van der Waals surface area (Å²) in [6.07, 6.45) is 4.23. The van der Waals surface area contributed by atoms with E-state index in [9.17, 15) is 4.79 Å². The Bertz CT molecular complexity index is 741. The highest BCUT2D eigenvalue weighted by Crippen LogP contribution is 2.29. The summed E-state index contributed by atoms with van der Waals surface area (Å²) >= 11 is 0. The lowest BCUT2D eigenvalue weighted by Crippen LogP contribution is -2.48. The van der Waals surface area contributed by atoms with Gasteiger partial charge >= 0.3 is 0 Å². The third-order valence-electron chi connectivity index (χ3n) is 4.74. The number of nitrogens with zero attached hydrogens (tertiary/aromatic N) is 3. The first kappa shape index (κ1) is 14.4. The molecule has 1 aromatic heterocycles. The van der Waals surface area contributed by atoms with E-state index in [2.05, 4.69) is 15.2 Å². The largest absolute Gasteiger partial charge is 0.353 e. The van der Waals surface area contributed by atoms with Crippen molar-refractivity contribution < 1.29 is 4.79 Å². The zero-order valence-corrected chi connectivity index (χ0v) is 13.5. The smallest absolute Gasteiger partial charge is 0.223 e. The number of aryl methyl sites for hydroxylation is 1. The summed E-state index contributed by atoms with van der Waals surface area (Å²) in [5.74, 6) is 1.46. The lowest BCUT2D eigenvalue weighted by molar-refractivity contribution is -0.123. The van der Waals surface area contributed by atoms with Crippen molar-refractivity contribution in [3.63, 3.8) is 0 Å². The molecule has 1 saturated heterocycles. The van der Waals surface area contributed by atoms with Crippen LogP contribution in [0.3, 0.4) is 0 Å². The summed E-state index contributed by atoms with van der Waals surface area (Å²) in [6.45, 7) is 3.82. The van der Waals surface area contributed by atoms with Crippen LogP contribution in [0, 0.1) is 12.8 Å². The zero-order chi connectivity index (χ0) is 15.8. The molecule has 5 heteroatoms. The van der Waals surface area contributed by atoms with E-state index in [4.69, 9.17) is 4.98 Å². The van der Waals surface area contributed by atoms with Crippen molar-refractivity contribution in [1.82, 2.24) is 15.3 Å². The van der Waals surface area contributed by atoms with Gasteiger partial charge in [-0.1, -0.05) is 12.1 Å². The van der Waals surface area contributed by atoms with Gasteiger partial charge in [-0.3, -0.25) is 4.79 Å². The Hall–Kier alpha value is -2.17. The molecule has 4 rings (SSSR count). The van der Waals surface area contributed by atoms with Gasteiger partial charge in [-0.05, 0) is 44.7 Å². The maximum absolute atomic E-state index is 12.0. The number of carbonyl (C=O) groups excluding carboxylic acids is 1. The summed E-state index contributed by atoms with van der Waals surface area (Å²) in [5, 5.41) is 3.21. The molecule has 1 amide bonds. The van der Waals surface area contributed by atoms with Crippen LogP contribution in [-0.4, -0.2) is 35.0 Å². The molecule has 2 heterocycles. The third-order valence-corrected chi connectivity index (χ3v) is 4.74. The van der Waals surface area contributed by atoms with Gasteiger partial charge in [0.1, 0.15) is 0 Å². The molecule has 1 aliphatic carbocycles. The van der Waals surface area contributed by atoms with E-state index in [0.717, 1.165) is 61.3 Å². The number of amides is 1. The molecule has 2 aliphatic rings. The Morgan fingerprint density at radius 1 is 1.17 bits per heavy atom. The molecule has 2 aromatic rings. The third kappa shape index (κ3) is 3.00. The van der Waals surface area contributed by atoms with Crippen LogP contribution in [0.1, 0.15) is 31.4 Å². The van der Waals surface area contributed by atoms with Gasteiger partial charge in [-0.25, -0.2) is 9.97 Å². The van der Waals surface area contributed by atoms with Crippen LogP contribution >= 0.6 is 0 Å². The molecule has 1 N–H and O–H groups in total. The molecule has 23 heavy (non-hydrogen) atoms. The molecule has 0 spiro atoms. The highest BCUT2D eigenvalue weighted by atomic mass is 16.2. The van der Waals surface area contributed by atoms with Crippen LogP contribution in [0.25, 0.3) is 11.0 Å². The number of anilines is 1. The van der Waals surface area contributed by atoms with Crippen molar-refractivity contribution in [3.05, 3.63) is 30.0 Å². The summed E-state index contributed by atoms with van der Waals surface area (Å²) < 4.78 is 0. The molecular formula is C18H22N4O. The van der Waals surface area contributed by atoms with E-state index in [1.54, 1.807) is 0 Å². The van der Waals surface area contributed by atoms with Gasteiger partial charge < -0.3 is 10.2 Å². The van der Waals surface area contributed by atoms with Crippen molar-refractivity contribution in [2.45, 2.75) is 38.6 Å². The number of benzene rings is 1. The fraction of sp³-hybridized carbons (Fsp3) is 0.500. The van der Waals surface area contributed by atoms with Gasteiger partial charge in [-0.2, -0.15) is 0 Å². The van der Waals surface area contributed by atoms with E-state index < -0.39 is 0 Å². The van der Waals surface area contributed by atoms with E-state index in [-0.39, 0.29) is 17.9 Å². The summed E-state index contributed by atoms with van der Waals surface area (Å²) in [5.41, 5.74) is 2.82. The Morgan fingerprint density at radius 2 is 1.91 bits per heavy atom. The van der Waals surface area contributed by atoms with Crippen molar-refractivity contribution >= 4 is 22.8 Å². The number of rotatable bonds is 3. The average Bonchev–Trinajstić information content (AvgIpc) is 3.39. The quantitative estimate of drug-likeness (QED) is 0.946. The van der Waals surface area contributed by atoms with Crippen LogP contribution in [0.15, 0.2) is 24.3 Å². The molecular weight excluding hydrogens is 288 g/mol. The van der Waals surface area contributed by atoms with Gasteiger partial charge in [0.25, 0.3) is 0 Å². The number of nitrogens with one attached hydrogen (secondary N) is 1. The molecule has 0 bridgehead atoms. The van der Waals surface area contributed by atoms with Crippen molar-refractivity contribution in [2.75, 3.05) is 18.0 Å². The lowest BCUT2D eigenvalue weighted by atomic mass is 10.1. The topological polar surface area (TPSA) is 58.1 Å². The molecule has 1 unspecified atom stereocenters. The summed E-state index contributed by atoms with van der Waals surface area (Å²) in [7, 11) is 0. The van der Waals surface area contributed by atoms with Gasteiger partial charge in [0.05, 0.1) is 16.7 Å².